The summed E-state index contributed by atoms with van der Waals surface area (Å²) in [6.45, 7) is 4.61. The Balaban J connectivity index is 2.49. The molecule has 1 aromatic heterocycles. The summed E-state index contributed by atoms with van der Waals surface area (Å²) in [7, 11) is 0. The average molecular weight is 314 g/mol. The summed E-state index contributed by atoms with van der Waals surface area (Å²) in [5, 5.41) is 0. The van der Waals surface area contributed by atoms with Crippen LogP contribution in [0.1, 0.15) is 45.1 Å². The number of carbonyl (C=O) groups is 1. The quantitative estimate of drug-likeness (QED) is 0.744. The predicted molar refractivity (Wildman–Crippen MR) is 92.7 cm³/mol. The molecule has 0 aliphatic rings. The number of benzene rings is 1. The molecule has 0 radical (unpaired) electrons. The largest absolute Gasteiger partial charge is 0.305 e. The summed E-state index contributed by atoms with van der Waals surface area (Å²) in [4.78, 5) is 16.8. The molecule has 116 valence electrons. The number of hydrogen-bond acceptors (Lipinski definition) is 2. The molecule has 0 bridgehead atoms. The van der Waals surface area contributed by atoms with Crippen LogP contribution in [0.25, 0.3) is 10.2 Å². The fraction of sp³-hybridized carbons (Fsp3) is 0.444. The van der Waals surface area contributed by atoms with E-state index in [1.807, 2.05) is 11.5 Å². The van der Waals surface area contributed by atoms with Crippen molar-refractivity contribution in [1.29, 1.82) is 0 Å². The third-order valence-corrected chi connectivity index (χ3v) is 4.54. The van der Waals surface area contributed by atoms with Crippen LogP contribution in [0.4, 0.5) is 0 Å². The first-order valence-corrected chi connectivity index (χ1v) is 8.64. The van der Waals surface area contributed by atoms with Gasteiger partial charge >= 0.3 is 0 Å². The van der Waals surface area contributed by atoms with Gasteiger partial charge in [0.25, 0.3) is 0 Å². The number of hydrogen-bond donors (Lipinski definition) is 0. The molecule has 4 heteroatoms. The van der Waals surface area contributed by atoms with Crippen LogP contribution < -0.4 is 4.80 Å². The van der Waals surface area contributed by atoms with Crippen molar-refractivity contribution in [2.45, 2.75) is 52.5 Å². The molecule has 0 N–H and O–H groups in total. The van der Waals surface area contributed by atoms with E-state index in [1.165, 1.54) is 18.4 Å². The molecular formula is C18H22N2OS. The van der Waals surface area contributed by atoms with Gasteiger partial charge in [-0.3, -0.25) is 4.79 Å². The van der Waals surface area contributed by atoms with Gasteiger partial charge in [-0.1, -0.05) is 43.6 Å². The summed E-state index contributed by atoms with van der Waals surface area (Å²) in [6.07, 6.45) is 10.2. The lowest BCUT2D eigenvalue weighted by molar-refractivity contribution is -0.118. The lowest BCUT2D eigenvalue weighted by Gasteiger charge is -2.02. The number of unbranched alkanes of at least 4 members (excludes halogenated alkanes) is 1. The Bertz CT molecular complexity index is 761. The molecule has 2 aromatic rings. The minimum atomic E-state index is -0.0777. The SMILES string of the molecule is C#CCn1c(=NC(=O)CCC)sc2cc(CCCC)ccc21. The minimum absolute atomic E-state index is 0.0777. The van der Waals surface area contributed by atoms with Gasteiger partial charge in [0, 0.05) is 6.42 Å². The molecule has 0 atom stereocenters. The average Bonchev–Trinajstić information content (AvgIpc) is 2.82. The van der Waals surface area contributed by atoms with Crippen LogP contribution in [0, 0.1) is 12.3 Å². The number of aryl methyl sites for hydroxylation is 1. The molecule has 0 aliphatic heterocycles. The number of aromatic nitrogens is 1. The van der Waals surface area contributed by atoms with Gasteiger partial charge in [0.1, 0.15) is 0 Å². The van der Waals surface area contributed by atoms with E-state index < -0.39 is 0 Å². The molecule has 0 fully saturated rings. The number of rotatable bonds is 6. The molecule has 22 heavy (non-hydrogen) atoms. The lowest BCUT2D eigenvalue weighted by atomic mass is 10.1. The highest BCUT2D eigenvalue weighted by molar-refractivity contribution is 7.16. The zero-order valence-electron chi connectivity index (χ0n) is 13.3. The lowest BCUT2D eigenvalue weighted by Crippen LogP contribution is -2.16. The standard InChI is InChI=1S/C18H22N2OS/c1-4-7-9-14-10-11-15-16(13-14)22-18(20(15)12-6-3)19-17(21)8-5-2/h3,10-11,13H,4-5,7-9,12H2,1-2H3. The highest BCUT2D eigenvalue weighted by Gasteiger charge is 2.08. The molecule has 2 rings (SSSR count). The molecule has 0 unspecified atom stereocenters. The van der Waals surface area contributed by atoms with Crippen LogP contribution in [0.5, 0.6) is 0 Å². The van der Waals surface area contributed by atoms with Gasteiger partial charge < -0.3 is 4.57 Å². The van der Waals surface area contributed by atoms with E-state index in [0.717, 1.165) is 23.1 Å². The monoisotopic (exact) mass is 314 g/mol. The van der Waals surface area contributed by atoms with Gasteiger partial charge in [0.2, 0.25) is 5.91 Å². The first-order chi connectivity index (χ1) is 10.7. The van der Waals surface area contributed by atoms with E-state index in [1.54, 1.807) is 11.3 Å². The number of amides is 1. The molecule has 0 saturated heterocycles. The summed E-state index contributed by atoms with van der Waals surface area (Å²) in [5.74, 6) is 2.58. The van der Waals surface area contributed by atoms with Crippen molar-refractivity contribution in [2.24, 2.45) is 4.99 Å². The Morgan fingerprint density at radius 3 is 2.86 bits per heavy atom. The molecule has 1 heterocycles. The summed E-state index contributed by atoms with van der Waals surface area (Å²) in [6, 6.07) is 6.44. The Labute approximate surface area is 135 Å². The topological polar surface area (TPSA) is 34.4 Å². The molecule has 0 saturated carbocycles. The second-order valence-electron chi connectivity index (χ2n) is 5.34. The van der Waals surface area contributed by atoms with Crippen LogP contribution in [0.3, 0.4) is 0 Å². The predicted octanol–water partition coefficient (Wildman–Crippen LogP) is 3.91. The van der Waals surface area contributed by atoms with Gasteiger partial charge in [-0.15, -0.1) is 6.42 Å². The van der Waals surface area contributed by atoms with E-state index in [2.05, 4.69) is 36.0 Å². The van der Waals surface area contributed by atoms with Crippen molar-refractivity contribution in [1.82, 2.24) is 4.57 Å². The van der Waals surface area contributed by atoms with Crippen LogP contribution >= 0.6 is 11.3 Å². The highest BCUT2D eigenvalue weighted by atomic mass is 32.1. The van der Waals surface area contributed by atoms with Gasteiger partial charge in [-0.25, -0.2) is 0 Å². The zero-order valence-corrected chi connectivity index (χ0v) is 14.1. The Hall–Kier alpha value is -1.86. The summed E-state index contributed by atoms with van der Waals surface area (Å²) < 4.78 is 3.10. The molecule has 0 aliphatic carbocycles. The van der Waals surface area contributed by atoms with E-state index in [9.17, 15) is 4.79 Å². The number of thiazole rings is 1. The smallest absolute Gasteiger partial charge is 0.248 e. The molecule has 1 aromatic carbocycles. The number of nitrogens with zero attached hydrogens (tertiary/aromatic N) is 2. The number of fused-ring (bicyclic) bond motifs is 1. The van der Waals surface area contributed by atoms with Crippen molar-refractivity contribution in [3.05, 3.63) is 28.6 Å². The normalized spacial score (nSPS) is 11.8. The number of terminal acetylenes is 1. The zero-order chi connectivity index (χ0) is 15.9. The Morgan fingerprint density at radius 2 is 2.18 bits per heavy atom. The first-order valence-electron chi connectivity index (χ1n) is 7.82. The van der Waals surface area contributed by atoms with Gasteiger partial charge in [0.15, 0.2) is 4.80 Å². The first kappa shape index (κ1) is 16.5. The Morgan fingerprint density at radius 1 is 1.36 bits per heavy atom. The molecule has 0 spiro atoms. The minimum Gasteiger partial charge on any atom is -0.305 e. The molecule has 1 amide bonds. The van der Waals surface area contributed by atoms with Crippen LogP contribution in [-0.2, 0) is 17.8 Å². The van der Waals surface area contributed by atoms with Gasteiger partial charge in [-0.2, -0.15) is 4.99 Å². The highest BCUT2D eigenvalue weighted by Crippen LogP contribution is 2.20. The van der Waals surface area contributed by atoms with E-state index in [0.29, 0.717) is 17.8 Å². The molecular weight excluding hydrogens is 292 g/mol. The van der Waals surface area contributed by atoms with E-state index in [4.69, 9.17) is 6.42 Å². The van der Waals surface area contributed by atoms with Crippen molar-refractivity contribution in [2.75, 3.05) is 0 Å². The maximum atomic E-state index is 11.8. The van der Waals surface area contributed by atoms with Crippen molar-refractivity contribution in [3.63, 3.8) is 0 Å². The van der Waals surface area contributed by atoms with Crippen molar-refractivity contribution >= 4 is 27.5 Å². The van der Waals surface area contributed by atoms with Crippen molar-refractivity contribution < 1.29 is 4.79 Å². The second kappa shape index (κ2) is 7.95. The van der Waals surface area contributed by atoms with Gasteiger partial charge in [-0.05, 0) is 37.0 Å². The van der Waals surface area contributed by atoms with Crippen LogP contribution in [0.15, 0.2) is 23.2 Å². The maximum Gasteiger partial charge on any atom is 0.248 e. The van der Waals surface area contributed by atoms with E-state index >= 15 is 0 Å². The summed E-state index contributed by atoms with van der Waals surface area (Å²) in [5.41, 5.74) is 2.39. The number of carbonyl (C=O) groups excluding carboxylic acids is 1. The third-order valence-electron chi connectivity index (χ3n) is 3.50. The third kappa shape index (κ3) is 3.86. The summed E-state index contributed by atoms with van der Waals surface area (Å²) >= 11 is 1.55. The fourth-order valence-corrected chi connectivity index (χ4v) is 3.47. The second-order valence-corrected chi connectivity index (χ2v) is 6.35. The van der Waals surface area contributed by atoms with Gasteiger partial charge in [0.05, 0.1) is 16.8 Å². The van der Waals surface area contributed by atoms with E-state index in [-0.39, 0.29) is 5.91 Å². The van der Waals surface area contributed by atoms with Crippen molar-refractivity contribution in [3.8, 4) is 12.3 Å². The fourth-order valence-electron chi connectivity index (χ4n) is 2.36. The van der Waals surface area contributed by atoms with Crippen LogP contribution in [0.2, 0.25) is 0 Å². The maximum absolute atomic E-state index is 11.8. The molecule has 3 nitrogen and oxygen atoms in total. The Kier molecular flexibility index (Phi) is 5.97. The van der Waals surface area contributed by atoms with Crippen LogP contribution in [-0.4, -0.2) is 10.5 Å².